The zero-order valence-corrected chi connectivity index (χ0v) is 10.2. The van der Waals surface area contributed by atoms with Gasteiger partial charge in [0.25, 0.3) is 0 Å². The largest absolute Gasteiger partial charge is 3.00 e. The minimum Gasteiger partial charge on any atom is -0.196 e. The molecule has 0 nitrogen and oxygen atoms in total. The first-order valence-corrected chi connectivity index (χ1v) is 3.75. The van der Waals surface area contributed by atoms with E-state index >= 15 is 0 Å². The third-order valence-electron chi connectivity index (χ3n) is 2.81. The van der Waals surface area contributed by atoms with Crippen LogP contribution in [0.4, 0.5) is 0 Å². The van der Waals surface area contributed by atoms with Gasteiger partial charge in [-0.1, -0.05) is 34.6 Å². The summed E-state index contributed by atoms with van der Waals surface area (Å²) in [4.78, 5) is 0. The van der Waals surface area contributed by atoms with Gasteiger partial charge in [0, 0.05) is 0 Å². The Morgan fingerprint density at radius 1 is 0.818 bits per heavy atom. The monoisotopic (exact) mass is 328 g/mol. The Hall–Kier alpha value is -0.000649. The summed E-state index contributed by atoms with van der Waals surface area (Å²) >= 11 is 0. The third-order valence-corrected chi connectivity index (χ3v) is 2.81. The van der Waals surface area contributed by atoms with E-state index in [-0.39, 0.29) is 20.1 Å². The van der Waals surface area contributed by atoms with Gasteiger partial charge in [-0.2, -0.15) is 27.8 Å². The zero-order valence-electron chi connectivity index (χ0n) is 7.83. The molecule has 0 heterocycles. The van der Waals surface area contributed by atoms with Crippen LogP contribution in [0.3, 0.4) is 0 Å². The van der Waals surface area contributed by atoms with Gasteiger partial charge in [0.05, 0.1) is 0 Å². The Labute approximate surface area is 82.7 Å². The van der Waals surface area contributed by atoms with Crippen molar-refractivity contribution in [2.75, 3.05) is 0 Å². The van der Waals surface area contributed by atoms with Crippen molar-refractivity contribution in [1.82, 2.24) is 0 Å². The molecule has 0 saturated carbocycles. The predicted molar refractivity (Wildman–Crippen MR) is 45.7 cm³/mol. The summed E-state index contributed by atoms with van der Waals surface area (Å²) < 4.78 is 0. The van der Waals surface area contributed by atoms with Crippen molar-refractivity contribution >= 4 is 0 Å². The summed E-state index contributed by atoms with van der Waals surface area (Å²) in [5.41, 5.74) is 7.34. The van der Waals surface area contributed by atoms with E-state index in [9.17, 15) is 0 Å². The zero-order chi connectivity index (χ0) is 7.89. The topological polar surface area (TPSA) is 0 Å². The van der Waals surface area contributed by atoms with Gasteiger partial charge in [-0.3, -0.25) is 0 Å². The quantitative estimate of drug-likeness (QED) is 0.643. The molecule has 0 N–H and O–H groups in total. The Kier molecular flexibility index (Phi) is 3.60. The first kappa shape index (κ1) is 11.0. The van der Waals surface area contributed by atoms with Crippen LogP contribution in [-0.4, -0.2) is 0 Å². The molecule has 0 amide bonds. The minimum absolute atomic E-state index is 0. The van der Waals surface area contributed by atoms with Crippen molar-refractivity contribution in [3.8, 4) is 0 Å². The van der Waals surface area contributed by atoms with E-state index < -0.39 is 0 Å². The fraction of sp³-hybridized carbons (Fsp3) is 0.500. The van der Waals surface area contributed by atoms with Crippen molar-refractivity contribution in [3.63, 3.8) is 0 Å². The van der Waals surface area contributed by atoms with Gasteiger partial charge in [0.15, 0.2) is 0 Å². The fourth-order valence-electron chi connectivity index (χ4n) is 1.41. The van der Waals surface area contributed by atoms with E-state index in [1.165, 1.54) is 27.8 Å². The van der Waals surface area contributed by atoms with E-state index in [1.54, 1.807) is 0 Å². The summed E-state index contributed by atoms with van der Waals surface area (Å²) in [6, 6.07) is 0. The van der Waals surface area contributed by atoms with Crippen LogP contribution in [-0.2, 0) is 20.1 Å². The first-order chi connectivity index (χ1) is 4.55. The molecule has 0 bridgehead atoms. The van der Waals surface area contributed by atoms with Crippen LogP contribution >= 0.6 is 0 Å². The molecule has 0 aromatic heterocycles. The SMILES string of the molecule is Cc1c(C)c(C)[c-](C)c1C.[Ir+3]. The molecular weight excluding hydrogens is 312 g/mol. The van der Waals surface area contributed by atoms with Crippen molar-refractivity contribution in [3.05, 3.63) is 27.8 Å². The minimum atomic E-state index is 0. The predicted octanol–water partition coefficient (Wildman–Crippen LogP) is 2.95. The van der Waals surface area contributed by atoms with Crippen LogP contribution in [0.2, 0.25) is 0 Å². The van der Waals surface area contributed by atoms with Crippen LogP contribution < -0.4 is 0 Å². The third kappa shape index (κ3) is 1.60. The van der Waals surface area contributed by atoms with E-state index in [0.717, 1.165) is 0 Å². The smallest absolute Gasteiger partial charge is 0.196 e. The molecule has 1 aromatic rings. The van der Waals surface area contributed by atoms with Gasteiger partial charge in [-0.15, -0.1) is 0 Å². The Morgan fingerprint density at radius 2 is 1.09 bits per heavy atom. The Balaban J connectivity index is 0.000001000. The number of hydrogen-bond acceptors (Lipinski definition) is 0. The molecule has 1 rings (SSSR count). The van der Waals surface area contributed by atoms with Gasteiger partial charge in [0.2, 0.25) is 0 Å². The molecule has 1 aromatic carbocycles. The second kappa shape index (κ2) is 3.60. The van der Waals surface area contributed by atoms with Crippen LogP contribution in [0, 0.1) is 34.6 Å². The van der Waals surface area contributed by atoms with Gasteiger partial charge in [0.1, 0.15) is 0 Å². The molecule has 0 aliphatic heterocycles. The van der Waals surface area contributed by atoms with Gasteiger partial charge >= 0.3 is 20.1 Å². The molecule has 62 valence electrons. The summed E-state index contributed by atoms with van der Waals surface area (Å²) in [5.74, 6) is 0. The molecular formula is C10H15Ir+2. The molecule has 0 spiro atoms. The van der Waals surface area contributed by atoms with Crippen LogP contribution in [0.1, 0.15) is 27.8 Å². The molecule has 0 atom stereocenters. The van der Waals surface area contributed by atoms with E-state index in [0.29, 0.717) is 0 Å². The number of rotatable bonds is 0. The average Bonchev–Trinajstić information content (AvgIpc) is 2.07. The maximum atomic E-state index is 2.20. The Bertz CT molecular complexity index is 176. The number of hydrogen-bond donors (Lipinski definition) is 0. The molecule has 0 unspecified atom stereocenters. The van der Waals surface area contributed by atoms with Crippen LogP contribution in [0.5, 0.6) is 0 Å². The average molecular weight is 327 g/mol. The molecule has 0 saturated heterocycles. The van der Waals surface area contributed by atoms with Crippen LogP contribution in [0.25, 0.3) is 0 Å². The maximum Gasteiger partial charge on any atom is 3.00 e. The van der Waals surface area contributed by atoms with E-state index in [1.807, 2.05) is 0 Å². The standard InChI is InChI=1S/C10H15.Ir/c1-6-7(2)9(4)10(5)8(6)3;/h1-5H3;/q-1;+3. The van der Waals surface area contributed by atoms with Crippen LogP contribution in [0.15, 0.2) is 0 Å². The van der Waals surface area contributed by atoms with Crippen molar-refractivity contribution < 1.29 is 20.1 Å². The van der Waals surface area contributed by atoms with E-state index in [4.69, 9.17) is 0 Å². The summed E-state index contributed by atoms with van der Waals surface area (Å²) in [5, 5.41) is 0. The molecule has 0 fully saturated rings. The molecule has 0 radical (unpaired) electrons. The van der Waals surface area contributed by atoms with Gasteiger partial charge in [-0.25, -0.2) is 0 Å². The molecule has 11 heavy (non-hydrogen) atoms. The first-order valence-electron chi connectivity index (χ1n) is 3.75. The molecule has 0 aliphatic rings. The summed E-state index contributed by atoms with van der Waals surface area (Å²) in [7, 11) is 0. The van der Waals surface area contributed by atoms with Gasteiger partial charge in [-0.05, 0) is 0 Å². The summed E-state index contributed by atoms with van der Waals surface area (Å²) in [6.45, 7) is 11.0. The fourth-order valence-corrected chi connectivity index (χ4v) is 1.41. The molecule has 1 heteroatoms. The van der Waals surface area contributed by atoms with Crippen molar-refractivity contribution in [1.29, 1.82) is 0 Å². The van der Waals surface area contributed by atoms with Crippen molar-refractivity contribution in [2.45, 2.75) is 34.6 Å². The second-order valence-corrected chi connectivity index (χ2v) is 3.12. The Morgan fingerprint density at radius 3 is 1.18 bits per heavy atom. The normalized spacial score (nSPS) is 9.55. The van der Waals surface area contributed by atoms with Gasteiger partial charge < -0.3 is 0 Å². The van der Waals surface area contributed by atoms with E-state index in [2.05, 4.69) is 34.6 Å². The second-order valence-electron chi connectivity index (χ2n) is 3.12. The summed E-state index contributed by atoms with van der Waals surface area (Å²) in [6.07, 6.45) is 0. The molecule has 0 aliphatic carbocycles. The maximum absolute atomic E-state index is 2.20. The van der Waals surface area contributed by atoms with Crippen molar-refractivity contribution in [2.24, 2.45) is 0 Å².